The van der Waals surface area contributed by atoms with Crippen molar-refractivity contribution in [2.24, 2.45) is 0 Å². The first-order valence-corrected chi connectivity index (χ1v) is 4.29. The van der Waals surface area contributed by atoms with E-state index in [-0.39, 0.29) is 18.6 Å². The van der Waals surface area contributed by atoms with Gasteiger partial charge in [0.15, 0.2) is 0 Å². The van der Waals surface area contributed by atoms with Crippen LogP contribution >= 0.6 is 0 Å². The molecule has 0 bridgehead atoms. The van der Waals surface area contributed by atoms with Gasteiger partial charge in [0, 0.05) is 18.6 Å². The fourth-order valence-corrected chi connectivity index (χ4v) is 1.58. The van der Waals surface area contributed by atoms with Gasteiger partial charge in [0.1, 0.15) is 0 Å². The molecule has 0 aromatic heterocycles. The maximum absolute atomic E-state index is 2.20. The van der Waals surface area contributed by atoms with Crippen molar-refractivity contribution >= 4 is 5.57 Å². The van der Waals surface area contributed by atoms with E-state index in [0.717, 1.165) is 6.42 Å². The van der Waals surface area contributed by atoms with E-state index < -0.39 is 0 Å². The second-order valence-electron chi connectivity index (χ2n) is 3.14. The normalized spacial score (nSPS) is 13.8. The molecule has 1 heteroatoms. The van der Waals surface area contributed by atoms with Crippen molar-refractivity contribution in [3.63, 3.8) is 0 Å². The van der Waals surface area contributed by atoms with Gasteiger partial charge in [-0.05, 0) is 30.0 Å². The van der Waals surface area contributed by atoms with Crippen LogP contribution in [0.1, 0.15) is 17.5 Å². The molecule has 2 rings (SSSR count). The quantitative estimate of drug-likeness (QED) is 0.662. The van der Waals surface area contributed by atoms with Gasteiger partial charge in [-0.1, -0.05) is 42.5 Å². The van der Waals surface area contributed by atoms with Gasteiger partial charge in [-0.15, -0.1) is 0 Å². The Bertz CT molecular complexity index is 348. The van der Waals surface area contributed by atoms with Crippen LogP contribution in [0.2, 0.25) is 0 Å². The summed E-state index contributed by atoms with van der Waals surface area (Å²) in [5.74, 6) is 0. The van der Waals surface area contributed by atoms with Crippen molar-refractivity contribution in [1.82, 2.24) is 0 Å². The maximum atomic E-state index is 2.20. The molecule has 0 saturated carbocycles. The first kappa shape index (κ1) is 10.4. The zero-order valence-corrected chi connectivity index (χ0v) is 9.09. The molecule has 0 fully saturated rings. The molecule has 1 aliphatic rings. The standard InChI is InChI=1S/C12H12.V/c1-10-6-2-5-9-12(10)11-7-3-4-8-11;/h2-7,9H,8H2,1H3;. The Morgan fingerprint density at radius 2 is 1.92 bits per heavy atom. The minimum absolute atomic E-state index is 0. The number of aryl methyl sites for hydroxylation is 1. The van der Waals surface area contributed by atoms with Crippen molar-refractivity contribution in [3.8, 4) is 0 Å². The van der Waals surface area contributed by atoms with Crippen molar-refractivity contribution in [2.75, 3.05) is 0 Å². The summed E-state index contributed by atoms with van der Waals surface area (Å²) in [5.41, 5.74) is 4.20. The SMILES string of the molecule is Cc1ccccc1C1=CC=CC1.[V]. The zero-order valence-electron chi connectivity index (χ0n) is 7.70. The Labute approximate surface area is 91.2 Å². The summed E-state index contributed by atoms with van der Waals surface area (Å²) in [6.07, 6.45) is 7.61. The molecular weight excluding hydrogens is 195 g/mol. The van der Waals surface area contributed by atoms with E-state index in [0.29, 0.717) is 0 Å². The molecule has 0 heterocycles. The third kappa shape index (κ3) is 2.15. The van der Waals surface area contributed by atoms with Crippen LogP contribution in [-0.2, 0) is 18.6 Å². The molecule has 1 radical (unpaired) electrons. The average molecular weight is 207 g/mol. The van der Waals surface area contributed by atoms with E-state index in [1.54, 1.807) is 0 Å². The summed E-state index contributed by atoms with van der Waals surface area (Å²) in [6, 6.07) is 8.53. The summed E-state index contributed by atoms with van der Waals surface area (Å²) in [5, 5.41) is 0. The summed E-state index contributed by atoms with van der Waals surface area (Å²) in [6.45, 7) is 2.16. The molecule has 0 saturated heterocycles. The largest absolute Gasteiger partial charge is 0.0801 e. The van der Waals surface area contributed by atoms with E-state index >= 15 is 0 Å². The summed E-state index contributed by atoms with van der Waals surface area (Å²) < 4.78 is 0. The number of benzene rings is 1. The van der Waals surface area contributed by atoms with Crippen LogP contribution in [0.3, 0.4) is 0 Å². The van der Waals surface area contributed by atoms with E-state index in [1.807, 2.05) is 0 Å². The zero-order chi connectivity index (χ0) is 8.39. The van der Waals surface area contributed by atoms with Gasteiger partial charge in [0.25, 0.3) is 0 Å². The minimum atomic E-state index is 0. The second kappa shape index (κ2) is 4.50. The number of hydrogen-bond donors (Lipinski definition) is 0. The third-order valence-corrected chi connectivity index (χ3v) is 2.26. The first-order chi connectivity index (χ1) is 5.88. The minimum Gasteiger partial charge on any atom is -0.0801 e. The summed E-state index contributed by atoms with van der Waals surface area (Å²) in [7, 11) is 0. The third-order valence-electron chi connectivity index (χ3n) is 2.26. The van der Waals surface area contributed by atoms with Crippen molar-refractivity contribution in [2.45, 2.75) is 13.3 Å². The van der Waals surface area contributed by atoms with Crippen molar-refractivity contribution < 1.29 is 18.6 Å². The van der Waals surface area contributed by atoms with Gasteiger partial charge < -0.3 is 0 Å². The Hall–Kier alpha value is -0.716. The maximum Gasteiger partial charge on any atom is 0 e. The Morgan fingerprint density at radius 3 is 2.54 bits per heavy atom. The predicted molar refractivity (Wildman–Crippen MR) is 52.9 cm³/mol. The summed E-state index contributed by atoms with van der Waals surface area (Å²) >= 11 is 0. The molecule has 0 unspecified atom stereocenters. The molecule has 0 amide bonds. The number of allylic oxidation sites excluding steroid dienone is 4. The van der Waals surface area contributed by atoms with Crippen molar-refractivity contribution in [3.05, 3.63) is 53.6 Å². The molecule has 0 nitrogen and oxygen atoms in total. The second-order valence-corrected chi connectivity index (χ2v) is 3.14. The Kier molecular flexibility index (Phi) is 3.59. The van der Waals surface area contributed by atoms with Crippen LogP contribution in [0.4, 0.5) is 0 Å². The van der Waals surface area contributed by atoms with Crippen LogP contribution in [0.15, 0.2) is 42.5 Å². The van der Waals surface area contributed by atoms with Gasteiger partial charge in [-0.25, -0.2) is 0 Å². The smallest absolute Gasteiger partial charge is 0 e. The van der Waals surface area contributed by atoms with Crippen LogP contribution < -0.4 is 0 Å². The van der Waals surface area contributed by atoms with Crippen LogP contribution in [0.5, 0.6) is 0 Å². The fraction of sp³-hybridized carbons (Fsp3) is 0.167. The molecule has 0 N–H and O–H groups in total. The van der Waals surface area contributed by atoms with Crippen LogP contribution in [0, 0.1) is 6.92 Å². The first-order valence-electron chi connectivity index (χ1n) is 4.29. The van der Waals surface area contributed by atoms with Gasteiger partial charge in [-0.2, -0.15) is 0 Å². The van der Waals surface area contributed by atoms with E-state index in [2.05, 4.69) is 49.4 Å². The van der Waals surface area contributed by atoms with E-state index in [9.17, 15) is 0 Å². The molecule has 1 aromatic carbocycles. The number of hydrogen-bond acceptors (Lipinski definition) is 0. The molecule has 1 aliphatic carbocycles. The summed E-state index contributed by atoms with van der Waals surface area (Å²) in [4.78, 5) is 0. The fourth-order valence-electron chi connectivity index (χ4n) is 1.58. The van der Waals surface area contributed by atoms with Gasteiger partial charge in [0.05, 0.1) is 0 Å². The van der Waals surface area contributed by atoms with E-state index in [4.69, 9.17) is 0 Å². The number of rotatable bonds is 1. The average Bonchev–Trinajstić information content (AvgIpc) is 2.57. The van der Waals surface area contributed by atoms with Gasteiger partial charge >= 0.3 is 0 Å². The Morgan fingerprint density at radius 1 is 1.15 bits per heavy atom. The van der Waals surface area contributed by atoms with Crippen LogP contribution in [0.25, 0.3) is 5.57 Å². The molecule has 0 spiro atoms. The molecule has 0 atom stereocenters. The van der Waals surface area contributed by atoms with E-state index in [1.165, 1.54) is 16.7 Å². The topological polar surface area (TPSA) is 0 Å². The molecule has 1 aromatic rings. The molecule has 0 aliphatic heterocycles. The molecule has 13 heavy (non-hydrogen) atoms. The van der Waals surface area contributed by atoms with Gasteiger partial charge in [0.2, 0.25) is 0 Å². The van der Waals surface area contributed by atoms with Gasteiger partial charge in [-0.3, -0.25) is 0 Å². The van der Waals surface area contributed by atoms with Crippen LogP contribution in [-0.4, -0.2) is 0 Å². The van der Waals surface area contributed by atoms with Crippen molar-refractivity contribution in [1.29, 1.82) is 0 Å². The predicted octanol–water partition coefficient (Wildman–Crippen LogP) is 3.34. The molecular formula is C12H12V. The monoisotopic (exact) mass is 207 g/mol. The Balaban J connectivity index is 0.000000845. The molecule has 65 valence electrons.